The van der Waals surface area contributed by atoms with Gasteiger partial charge in [0.2, 0.25) is 0 Å². The Morgan fingerprint density at radius 2 is 2.09 bits per heavy atom. The lowest BCUT2D eigenvalue weighted by atomic mass is 10.0. The molecule has 0 amide bonds. The quantitative estimate of drug-likeness (QED) is 0.642. The van der Waals surface area contributed by atoms with E-state index >= 15 is 0 Å². The standard InChI is InChI=1S/C8H10Cl2S/c1-5(6(2)9)7-3-4-11-8(7)10/h3-6H,1-2H3. The number of thiophene rings is 1. The van der Waals surface area contributed by atoms with Gasteiger partial charge in [-0.25, -0.2) is 0 Å². The van der Waals surface area contributed by atoms with E-state index in [1.807, 2.05) is 18.4 Å². The normalized spacial score (nSPS) is 16.4. The van der Waals surface area contributed by atoms with Gasteiger partial charge < -0.3 is 0 Å². The van der Waals surface area contributed by atoms with E-state index in [1.54, 1.807) is 11.3 Å². The Kier molecular flexibility index (Phi) is 3.23. The van der Waals surface area contributed by atoms with Crippen molar-refractivity contribution in [2.45, 2.75) is 25.1 Å². The van der Waals surface area contributed by atoms with Crippen LogP contribution in [0, 0.1) is 0 Å². The summed E-state index contributed by atoms with van der Waals surface area (Å²) in [5, 5.41) is 2.13. The maximum absolute atomic E-state index is 5.94. The van der Waals surface area contributed by atoms with Crippen molar-refractivity contribution in [2.75, 3.05) is 0 Å². The fourth-order valence-electron chi connectivity index (χ4n) is 0.879. The second-order valence-corrected chi connectivity index (χ2v) is 4.82. The zero-order valence-corrected chi connectivity index (χ0v) is 8.80. The minimum absolute atomic E-state index is 0.141. The van der Waals surface area contributed by atoms with Gasteiger partial charge in [0, 0.05) is 5.38 Å². The van der Waals surface area contributed by atoms with Crippen LogP contribution in [0.1, 0.15) is 25.3 Å². The molecule has 0 saturated carbocycles. The molecule has 11 heavy (non-hydrogen) atoms. The Hall–Kier alpha value is 0.280. The lowest BCUT2D eigenvalue weighted by Crippen LogP contribution is -2.03. The van der Waals surface area contributed by atoms with Crippen molar-refractivity contribution in [3.63, 3.8) is 0 Å². The molecule has 1 rings (SSSR count). The maximum Gasteiger partial charge on any atom is 0.0963 e. The number of rotatable bonds is 2. The van der Waals surface area contributed by atoms with E-state index in [0.717, 1.165) is 4.34 Å². The SMILES string of the molecule is CC(Cl)C(C)c1ccsc1Cl. The molecule has 0 saturated heterocycles. The maximum atomic E-state index is 5.94. The first-order valence-corrected chi connectivity index (χ1v) is 5.19. The first-order valence-electron chi connectivity index (χ1n) is 3.50. The third-order valence-electron chi connectivity index (χ3n) is 1.83. The van der Waals surface area contributed by atoms with Crippen LogP contribution in [0.4, 0.5) is 0 Å². The summed E-state index contributed by atoms with van der Waals surface area (Å²) in [6, 6.07) is 2.04. The van der Waals surface area contributed by atoms with Gasteiger partial charge in [-0.1, -0.05) is 18.5 Å². The van der Waals surface area contributed by atoms with Crippen LogP contribution in [0.3, 0.4) is 0 Å². The molecule has 0 bridgehead atoms. The van der Waals surface area contributed by atoms with E-state index in [4.69, 9.17) is 23.2 Å². The van der Waals surface area contributed by atoms with Crippen LogP contribution in [0.15, 0.2) is 11.4 Å². The van der Waals surface area contributed by atoms with Gasteiger partial charge in [0.1, 0.15) is 0 Å². The number of hydrogen-bond acceptors (Lipinski definition) is 1. The largest absolute Gasteiger partial charge is 0.132 e. The highest BCUT2D eigenvalue weighted by Gasteiger charge is 2.15. The van der Waals surface area contributed by atoms with Gasteiger partial charge in [0.15, 0.2) is 0 Å². The molecule has 0 aliphatic rings. The highest BCUT2D eigenvalue weighted by molar-refractivity contribution is 7.14. The number of hydrogen-bond donors (Lipinski definition) is 0. The molecule has 1 aromatic heterocycles. The molecule has 0 N–H and O–H groups in total. The summed E-state index contributed by atoms with van der Waals surface area (Å²) in [6.07, 6.45) is 0. The van der Waals surface area contributed by atoms with Crippen LogP contribution in [-0.2, 0) is 0 Å². The van der Waals surface area contributed by atoms with E-state index in [1.165, 1.54) is 5.56 Å². The van der Waals surface area contributed by atoms with E-state index in [9.17, 15) is 0 Å². The van der Waals surface area contributed by atoms with Crippen molar-refractivity contribution in [3.8, 4) is 0 Å². The fourth-order valence-corrected chi connectivity index (χ4v) is 2.13. The van der Waals surface area contributed by atoms with Crippen molar-refractivity contribution in [1.29, 1.82) is 0 Å². The summed E-state index contributed by atoms with van der Waals surface area (Å²) in [7, 11) is 0. The molecule has 0 aliphatic carbocycles. The van der Waals surface area contributed by atoms with Crippen LogP contribution in [0.2, 0.25) is 4.34 Å². The summed E-state index contributed by atoms with van der Waals surface area (Å²) in [4.78, 5) is 0. The van der Waals surface area contributed by atoms with Gasteiger partial charge in [0.05, 0.1) is 4.34 Å². The molecule has 0 radical (unpaired) electrons. The minimum Gasteiger partial charge on any atom is -0.132 e. The smallest absolute Gasteiger partial charge is 0.0963 e. The first kappa shape index (κ1) is 9.37. The summed E-state index contributed by atoms with van der Waals surface area (Å²) in [5.41, 5.74) is 1.17. The van der Waals surface area contributed by atoms with E-state index in [-0.39, 0.29) is 5.38 Å². The number of alkyl halides is 1. The van der Waals surface area contributed by atoms with Gasteiger partial charge in [-0.2, -0.15) is 0 Å². The molecule has 3 heteroatoms. The zero-order valence-electron chi connectivity index (χ0n) is 6.47. The van der Waals surface area contributed by atoms with Gasteiger partial charge in [-0.05, 0) is 29.9 Å². The monoisotopic (exact) mass is 208 g/mol. The Morgan fingerprint density at radius 3 is 2.45 bits per heavy atom. The summed E-state index contributed by atoms with van der Waals surface area (Å²) >= 11 is 13.4. The molecule has 0 spiro atoms. The highest BCUT2D eigenvalue weighted by Crippen LogP contribution is 2.32. The molecule has 1 aromatic rings. The summed E-state index contributed by atoms with van der Waals surface area (Å²) < 4.78 is 0.866. The van der Waals surface area contributed by atoms with Crippen molar-refractivity contribution in [2.24, 2.45) is 0 Å². The molecular formula is C8H10Cl2S. The average Bonchev–Trinajstić information content (AvgIpc) is 2.33. The third kappa shape index (κ3) is 2.11. The van der Waals surface area contributed by atoms with Crippen LogP contribution in [0.25, 0.3) is 0 Å². The summed E-state index contributed by atoms with van der Waals surface area (Å²) in [6.45, 7) is 4.08. The molecule has 2 unspecified atom stereocenters. The predicted octanol–water partition coefficient (Wildman–Crippen LogP) is 4.13. The molecule has 62 valence electrons. The Morgan fingerprint density at radius 1 is 1.45 bits per heavy atom. The molecule has 2 atom stereocenters. The van der Waals surface area contributed by atoms with Gasteiger partial charge >= 0.3 is 0 Å². The lowest BCUT2D eigenvalue weighted by Gasteiger charge is -2.12. The minimum atomic E-state index is 0.141. The fraction of sp³-hybridized carbons (Fsp3) is 0.500. The molecule has 0 fully saturated rings. The van der Waals surface area contributed by atoms with Crippen molar-refractivity contribution in [3.05, 3.63) is 21.3 Å². The van der Waals surface area contributed by atoms with Crippen LogP contribution in [0.5, 0.6) is 0 Å². The molecule has 1 heterocycles. The van der Waals surface area contributed by atoms with E-state index in [0.29, 0.717) is 5.92 Å². The zero-order chi connectivity index (χ0) is 8.43. The second-order valence-electron chi connectivity index (χ2n) is 2.62. The van der Waals surface area contributed by atoms with Gasteiger partial charge in [-0.3, -0.25) is 0 Å². The Balaban J connectivity index is 2.84. The Bertz CT molecular complexity index is 230. The van der Waals surface area contributed by atoms with Crippen molar-refractivity contribution >= 4 is 34.5 Å². The van der Waals surface area contributed by atoms with Gasteiger partial charge in [0.25, 0.3) is 0 Å². The molecule has 0 aromatic carbocycles. The first-order chi connectivity index (χ1) is 5.13. The van der Waals surface area contributed by atoms with Crippen LogP contribution >= 0.6 is 34.5 Å². The van der Waals surface area contributed by atoms with E-state index < -0.39 is 0 Å². The topological polar surface area (TPSA) is 0 Å². The van der Waals surface area contributed by atoms with Crippen LogP contribution in [-0.4, -0.2) is 5.38 Å². The Labute approximate surface area is 81.1 Å². The molecule has 0 aliphatic heterocycles. The average molecular weight is 209 g/mol. The third-order valence-corrected chi connectivity index (χ3v) is 3.40. The van der Waals surface area contributed by atoms with Crippen LogP contribution < -0.4 is 0 Å². The van der Waals surface area contributed by atoms with Crippen molar-refractivity contribution < 1.29 is 0 Å². The number of halogens is 2. The predicted molar refractivity (Wildman–Crippen MR) is 53.1 cm³/mol. The lowest BCUT2D eigenvalue weighted by molar-refractivity contribution is 0.746. The second kappa shape index (κ2) is 3.79. The van der Waals surface area contributed by atoms with E-state index in [2.05, 4.69) is 6.92 Å². The van der Waals surface area contributed by atoms with Crippen molar-refractivity contribution in [1.82, 2.24) is 0 Å². The molecular weight excluding hydrogens is 199 g/mol. The molecule has 0 nitrogen and oxygen atoms in total. The van der Waals surface area contributed by atoms with Gasteiger partial charge in [-0.15, -0.1) is 22.9 Å². The summed E-state index contributed by atoms with van der Waals surface area (Å²) in [5.74, 6) is 0.343. The highest BCUT2D eigenvalue weighted by atomic mass is 35.5.